The molecule has 140 valence electrons. The average molecular weight is 420 g/mol. The van der Waals surface area contributed by atoms with Gasteiger partial charge in [0.05, 0.1) is 0 Å². The molecular weight excluding hydrogens is 394 g/mol. The summed E-state index contributed by atoms with van der Waals surface area (Å²) in [4.78, 5) is 18.2. The number of nitrogens with zero attached hydrogens (tertiary/aromatic N) is 3. The zero-order valence-corrected chi connectivity index (χ0v) is 16.9. The van der Waals surface area contributed by atoms with Gasteiger partial charge in [-0.05, 0) is 23.8 Å². The Kier molecular flexibility index (Phi) is 8.21. The number of carbonyl (C=O) groups is 1. The van der Waals surface area contributed by atoms with Gasteiger partial charge in [-0.1, -0.05) is 34.1 Å². The molecule has 0 saturated carbocycles. The van der Waals surface area contributed by atoms with Gasteiger partial charge in [-0.3, -0.25) is 9.79 Å². The van der Waals surface area contributed by atoms with Crippen molar-refractivity contribution in [3.05, 3.63) is 58.8 Å². The van der Waals surface area contributed by atoms with Crippen molar-refractivity contribution in [2.45, 2.75) is 19.5 Å². The van der Waals surface area contributed by atoms with Crippen LogP contribution < -0.4 is 10.6 Å². The topological polar surface area (TPSA) is 61.7 Å². The standard InChI is InChI=1S/C19H26BrN5O/c1-21-19(23-11-14-25-12-5-6-13-25)22-10-9-18(26)24(2)15-16-7-3-4-8-17(16)20/h3-8,12-13H,9-11,14-15H2,1-2H3,(H2,21,22,23). The first kappa shape index (κ1) is 20.0. The highest BCUT2D eigenvalue weighted by atomic mass is 79.9. The quantitative estimate of drug-likeness (QED) is 0.510. The van der Waals surface area contributed by atoms with Crippen LogP contribution in [0.15, 0.2) is 58.3 Å². The van der Waals surface area contributed by atoms with E-state index in [9.17, 15) is 4.79 Å². The van der Waals surface area contributed by atoms with Crippen molar-refractivity contribution in [3.63, 3.8) is 0 Å². The molecule has 0 radical (unpaired) electrons. The van der Waals surface area contributed by atoms with Crippen LogP contribution in [0.4, 0.5) is 0 Å². The summed E-state index contributed by atoms with van der Waals surface area (Å²) < 4.78 is 3.12. The monoisotopic (exact) mass is 419 g/mol. The van der Waals surface area contributed by atoms with Gasteiger partial charge in [-0.25, -0.2) is 0 Å². The first-order valence-corrected chi connectivity index (χ1v) is 9.42. The normalized spacial score (nSPS) is 11.3. The maximum Gasteiger partial charge on any atom is 0.224 e. The number of aromatic nitrogens is 1. The van der Waals surface area contributed by atoms with E-state index >= 15 is 0 Å². The second kappa shape index (κ2) is 10.7. The van der Waals surface area contributed by atoms with Crippen LogP contribution in [0.2, 0.25) is 0 Å². The number of nitrogens with one attached hydrogen (secondary N) is 2. The third kappa shape index (κ3) is 6.55. The molecule has 7 heteroatoms. The Morgan fingerprint density at radius 2 is 1.85 bits per heavy atom. The summed E-state index contributed by atoms with van der Waals surface area (Å²) in [6.45, 7) is 2.76. The van der Waals surface area contributed by atoms with Crippen molar-refractivity contribution in [2.24, 2.45) is 4.99 Å². The fourth-order valence-electron chi connectivity index (χ4n) is 2.49. The van der Waals surface area contributed by atoms with Crippen molar-refractivity contribution < 1.29 is 4.79 Å². The molecule has 0 aliphatic carbocycles. The Hall–Kier alpha value is -2.28. The fourth-order valence-corrected chi connectivity index (χ4v) is 2.90. The molecule has 26 heavy (non-hydrogen) atoms. The minimum absolute atomic E-state index is 0.0936. The smallest absolute Gasteiger partial charge is 0.224 e. The first-order chi connectivity index (χ1) is 12.6. The van der Waals surface area contributed by atoms with Crippen LogP contribution in [-0.2, 0) is 17.9 Å². The largest absolute Gasteiger partial charge is 0.356 e. The fraction of sp³-hybridized carbons (Fsp3) is 0.368. The summed E-state index contributed by atoms with van der Waals surface area (Å²) in [6.07, 6.45) is 4.47. The first-order valence-electron chi connectivity index (χ1n) is 8.63. The SMILES string of the molecule is CN=C(NCCC(=O)N(C)Cc1ccccc1Br)NCCn1cccc1. The van der Waals surface area contributed by atoms with E-state index in [0.717, 1.165) is 23.1 Å². The zero-order valence-electron chi connectivity index (χ0n) is 15.3. The number of carbonyl (C=O) groups excluding carboxylic acids is 1. The molecule has 2 N–H and O–H groups in total. The number of halogens is 1. The van der Waals surface area contributed by atoms with Gasteiger partial charge < -0.3 is 20.1 Å². The van der Waals surface area contributed by atoms with Gasteiger partial charge in [0.15, 0.2) is 5.96 Å². The van der Waals surface area contributed by atoms with Crippen LogP contribution in [0.3, 0.4) is 0 Å². The lowest BCUT2D eigenvalue weighted by Crippen LogP contribution is -2.40. The lowest BCUT2D eigenvalue weighted by atomic mass is 10.2. The van der Waals surface area contributed by atoms with E-state index in [-0.39, 0.29) is 5.91 Å². The molecule has 0 aliphatic heterocycles. The third-order valence-corrected chi connectivity index (χ3v) is 4.75. The van der Waals surface area contributed by atoms with Gasteiger partial charge in [0, 0.05) is 63.6 Å². The summed E-state index contributed by atoms with van der Waals surface area (Å²) in [5.74, 6) is 0.800. The maximum absolute atomic E-state index is 12.3. The zero-order chi connectivity index (χ0) is 18.8. The molecule has 1 heterocycles. The van der Waals surface area contributed by atoms with E-state index < -0.39 is 0 Å². The molecule has 2 aromatic rings. The number of hydrogen-bond acceptors (Lipinski definition) is 2. The predicted octanol–water partition coefficient (Wildman–Crippen LogP) is 2.46. The van der Waals surface area contributed by atoms with E-state index in [1.807, 2.05) is 55.8 Å². The van der Waals surface area contributed by atoms with E-state index in [2.05, 4.69) is 36.1 Å². The molecule has 0 fully saturated rings. The van der Waals surface area contributed by atoms with E-state index in [0.29, 0.717) is 25.5 Å². The van der Waals surface area contributed by atoms with E-state index in [1.54, 1.807) is 11.9 Å². The van der Waals surface area contributed by atoms with Crippen molar-refractivity contribution >= 4 is 27.8 Å². The molecular formula is C19H26BrN5O. The molecule has 1 aromatic carbocycles. The number of guanidine groups is 1. The third-order valence-electron chi connectivity index (χ3n) is 3.97. The highest BCUT2D eigenvalue weighted by Crippen LogP contribution is 2.17. The van der Waals surface area contributed by atoms with Gasteiger partial charge in [-0.15, -0.1) is 0 Å². The molecule has 0 bridgehead atoms. The molecule has 1 aromatic heterocycles. The highest BCUT2D eigenvalue weighted by Gasteiger charge is 2.10. The van der Waals surface area contributed by atoms with Crippen LogP contribution in [0.5, 0.6) is 0 Å². The Balaban J connectivity index is 1.68. The molecule has 0 atom stereocenters. The number of benzene rings is 1. The van der Waals surface area contributed by atoms with Gasteiger partial charge in [0.25, 0.3) is 0 Å². The maximum atomic E-state index is 12.3. The van der Waals surface area contributed by atoms with Crippen LogP contribution in [0.25, 0.3) is 0 Å². The lowest BCUT2D eigenvalue weighted by Gasteiger charge is -2.19. The van der Waals surface area contributed by atoms with Gasteiger partial charge in [0.2, 0.25) is 5.91 Å². The lowest BCUT2D eigenvalue weighted by molar-refractivity contribution is -0.130. The van der Waals surface area contributed by atoms with Crippen molar-refractivity contribution in [2.75, 3.05) is 27.2 Å². The molecule has 2 rings (SSSR count). The molecule has 0 spiro atoms. The van der Waals surface area contributed by atoms with Gasteiger partial charge in [0.1, 0.15) is 0 Å². The summed E-state index contributed by atoms with van der Waals surface area (Å²) in [6, 6.07) is 11.9. The Bertz CT molecular complexity index is 714. The minimum atomic E-state index is 0.0936. The number of rotatable bonds is 8. The highest BCUT2D eigenvalue weighted by molar-refractivity contribution is 9.10. The molecule has 0 saturated heterocycles. The second-order valence-corrected chi connectivity index (χ2v) is 6.79. The van der Waals surface area contributed by atoms with Crippen LogP contribution in [0.1, 0.15) is 12.0 Å². The number of aliphatic imine (C=N–C) groups is 1. The average Bonchev–Trinajstić information content (AvgIpc) is 3.15. The van der Waals surface area contributed by atoms with Gasteiger partial charge in [-0.2, -0.15) is 0 Å². The van der Waals surface area contributed by atoms with Crippen LogP contribution in [0, 0.1) is 0 Å². The van der Waals surface area contributed by atoms with Crippen molar-refractivity contribution in [1.29, 1.82) is 0 Å². The Morgan fingerprint density at radius 1 is 1.15 bits per heavy atom. The summed E-state index contributed by atoms with van der Waals surface area (Å²) in [7, 11) is 3.55. The summed E-state index contributed by atoms with van der Waals surface area (Å²) in [5, 5.41) is 6.43. The van der Waals surface area contributed by atoms with E-state index in [1.165, 1.54) is 0 Å². The Labute approximate surface area is 163 Å². The predicted molar refractivity (Wildman–Crippen MR) is 109 cm³/mol. The number of hydrogen-bond donors (Lipinski definition) is 2. The number of amides is 1. The van der Waals surface area contributed by atoms with Crippen molar-refractivity contribution in [3.8, 4) is 0 Å². The van der Waals surface area contributed by atoms with Crippen LogP contribution in [-0.4, -0.2) is 48.5 Å². The van der Waals surface area contributed by atoms with E-state index in [4.69, 9.17) is 0 Å². The van der Waals surface area contributed by atoms with Crippen molar-refractivity contribution in [1.82, 2.24) is 20.1 Å². The Morgan fingerprint density at radius 3 is 2.54 bits per heavy atom. The van der Waals surface area contributed by atoms with Crippen LogP contribution >= 0.6 is 15.9 Å². The van der Waals surface area contributed by atoms with Gasteiger partial charge >= 0.3 is 0 Å². The summed E-state index contributed by atoms with van der Waals surface area (Å²) in [5.41, 5.74) is 1.10. The second-order valence-electron chi connectivity index (χ2n) is 5.94. The summed E-state index contributed by atoms with van der Waals surface area (Å²) >= 11 is 3.52. The molecule has 1 amide bonds. The minimum Gasteiger partial charge on any atom is -0.356 e. The molecule has 6 nitrogen and oxygen atoms in total. The molecule has 0 aliphatic rings. The molecule has 0 unspecified atom stereocenters.